The quantitative estimate of drug-likeness (QED) is 0.278. The molecule has 1 aromatic rings. The number of nitrogens with two attached hydrogens (primary N) is 1. The molecule has 0 spiro atoms. The molecule has 1 aliphatic heterocycles. The third kappa shape index (κ3) is 3.72. The largest absolute Gasteiger partial charge is 0.388 e. The van der Waals surface area contributed by atoms with Crippen molar-refractivity contribution in [2.24, 2.45) is 5.73 Å². The van der Waals surface area contributed by atoms with Gasteiger partial charge in [-0.1, -0.05) is 30.3 Å². The molecule has 0 amide bonds. The SMILES string of the molecule is C[C@@H]1O[C@@H](C(C(=N)N)c2ccccc2)[C@@H](O)[C@H](O)[C@@H]1O.I. The number of rotatable bonds is 3. The Labute approximate surface area is 140 Å². The van der Waals surface area contributed by atoms with Crippen LogP contribution in [0.5, 0.6) is 0 Å². The molecule has 1 fully saturated rings. The normalized spacial score (nSPS) is 33.8. The molecule has 6 atom stereocenters. The minimum atomic E-state index is -1.32. The van der Waals surface area contributed by atoms with Gasteiger partial charge in [-0.15, -0.1) is 24.0 Å². The lowest BCUT2D eigenvalue weighted by molar-refractivity contribution is -0.218. The summed E-state index contributed by atoms with van der Waals surface area (Å²) in [4.78, 5) is 0. The van der Waals surface area contributed by atoms with Gasteiger partial charge in [0.05, 0.1) is 12.0 Å². The van der Waals surface area contributed by atoms with Crippen LogP contribution >= 0.6 is 24.0 Å². The number of hydrogen-bond donors (Lipinski definition) is 5. The van der Waals surface area contributed by atoms with E-state index in [1.165, 1.54) is 0 Å². The fourth-order valence-corrected chi connectivity index (χ4v) is 2.57. The molecule has 6 nitrogen and oxygen atoms in total. The summed E-state index contributed by atoms with van der Waals surface area (Å²) in [5, 5.41) is 37.4. The molecule has 7 heteroatoms. The average molecular weight is 408 g/mol. The van der Waals surface area contributed by atoms with Gasteiger partial charge in [0.15, 0.2) is 0 Å². The van der Waals surface area contributed by atoms with Gasteiger partial charge in [-0.25, -0.2) is 0 Å². The van der Waals surface area contributed by atoms with Gasteiger partial charge in [-0.2, -0.15) is 0 Å². The van der Waals surface area contributed by atoms with Gasteiger partial charge in [0, 0.05) is 0 Å². The van der Waals surface area contributed by atoms with E-state index in [0.29, 0.717) is 0 Å². The van der Waals surface area contributed by atoms with Crippen molar-refractivity contribution in [2.75, 3.05) is 0 Å². The van der Waals surface area contributed by atoms with Gasteiger partial charge in [-0.3, -0.25) is 5.41 Å². The number of ether oxygens (including phenoxy) is 1. The Morgan fingerprint density at radius 1 is 1.14 bits per heavy atom. The summed E-state index contributed by atoms with van der Waals surface area (Å²) in [5.41, 5.74) is 6.36. The van der Waals surface area contributed by atoms with E-state index in [-0.39, 0.29) is 29.8 Å². The summed E-state index contributed by atoms with van der Waals surface area (Å²) in [6.07, 6.45) is -5.32. The van der Waals surface area contributed by atoms with Crippen LogP contribution in [0.3, 0.4) is 0 Å². The van der Waals surface area contributed by atoms with Crippen LogP contribution in [0.15, 0.2) is 30.3 Å². The third-order valence-corrected chi connectivity index (χ3v) is 3.71. The van der Waals surface area contributed by atoms with E-state index < -0.39 is 36.4 Å². The van der Waals surface area contributed by atoms with E-state index in [0.717, 1.165) is 5.56 Å². The van der Waals surface area contributed by atoms with Crippen molar-refractivity contribution in [1.82, 2.24) is 0 Å². The predicted molar refractivity (Wildman–Crippen MR) is 88.9 cm³/mol. The predicted octanol–water partition coefficient (Wildman–Crippen LogP) is 0.194. The van der Waals surface area contributed by atoms with E-state index in [1.807, 2.05) is 6.07 Å². The molecule has 0 aliphatic carbocycles. The maximum Gasteiger partial charge on any atom is 0.111 e. The molecule has 21 heavy (non-hydrogen) atoms. The Hall–Kier alpha value is -0.740. The van der Waals surface area contributed by atoms with Crippen LogP contribution in [0.4, 0.5) is 0 Å². The van der Waals surface area contributed by atoms with E-state index in [4.69, 9.17) is 15.9 Å². The molecular weight excluding hydrogens is 387 g/mol. The molecule has 1 heterocycles. The van der Waals surface area contributed by atoms with Crippen molar-refractivity contribution in [2.45, 2.75) is 43.4 Å². The highest BCUT2D eigenvalue weighted by atomic mass is 127. The van der Waals surface area contributed by atoms with Gasteiger partial charge in [0.2, 0.25) is 0 Å². The number of hydrogen-bond acceptors (Lipinski definition) is 5. The van der Waals surface area contributed by atoms with Crippen molar-refractivity contribution in [3.63, 3.8) is 0 Å². The van der Waals surface area contributed by atoms with E-state index in [9.17, 15) is 15.3 Å². The maximum atomic E-state index is 10.1. The molecule has 118 valence electrons. The monoisotopic (exact) mass is 408 g/mol. The van der Waals surface area contributed by atoms with Crippen LogP contribution in [-0.2, 0) is 4.74 Å². The first-order chi connectivity index (χ1) is 9.43. The zero-order valence-electron chi connectivity index (χ0n) is 11.6. The summed E-state index contributed by atoms with van der Waals surface area (Å²) in [6, 6.07) is 9.00. The number of aliphatic hydroxyl groups is 3. The fraction of sp³-hybridized carbons (Fsp3) is 0.500. The highest BCUT2D eigenvalue weighted by molar-refractivity contribution is 14.0. The Balaban J connectivity index is 0.00000220. The van der Waals surface area contributed by atoms with Crippen LogP contribution in [0.25, 0.3) is 0 Å². The molecule has 1 saturated heterocycles. The van der Waals surface area contributed by atoms with Crippen molar-refractivity contribution < 1.29 is 20.1 Å². The molecule has 0 saturated carbocycles. The second-order valence-electron chi connectivity index (χ2n) is 5.12. The lowest BCUT2D eigenvalue weighted by Crippen LogP contribution is -2.59. The van der Waals surface area contributed by atoms with Crippen molar-refractivity contribution in [3.8, 4) is 0 Å². The molecule has 0 bridgehead atoms. The van der Waals surface area contributed by atoms with Crippen molar-refractivity contribution in [3.05, 3.63) is 35.9 Å². The van der Waals surface area contributed by atoms with Crippen molar-refractivity contribution >= 4 is 29.8 Å². The summed E-state index contributed by atoms with van der Waals surface area (Å²) in [6.45, 7) is 1.61. The Morgan fingerprint density at radius 3 is 2.24 bits per heavy atom. The number of amidine groups is 1. The standard InChI is InChI=1S/C14H20N2O4.HI/c1-7-10(17)11(18)12(19)13(20-7)9(14(15)16)8-5-3-2-4-6-8;/h2-7,9-13,17-19H,1H3,(H3,15,16);1H/t7-,9?,10+,11+,12-,13-;/m0./s1. The Bertz CT molecular complexity index is 473. The third-order valence-electron chi connectivity index (χ3n) is 3.71. The second kappa shape index (κ2) is 7.50. The number of halogens is 1. The molecule has 0 radical (unpaired) electrons. The first kappa shape index (κ1) is 18.3. The fourth-order valence-electron chi connectivity index (χ4n) is 2.57. The summed E-state index contributed by atoms with van der Waals surface area (Å²) in [5.74, 6) is -0.827. The molecule has 2 rings (SSSR count). The molecule has 1 unspecified atom stereocenters. The van der Waals surface area contributed by atoms with Gasteiger partial charge < -0.3 is 25.8 Å². The van der Waals surface area contributed by atoms with E-state index >= 15 is 0 Å². The van der Waals surface area contributed by atoms with Crippen LogP contribution in [0.2, 0.25) is 0 Å². The van der Waals surface area contributed by atoms with E-state index in [2.05, 4.69) is 0 Å². The minimum absolute atomic E-state index is 0. The minimum Gasteiger partial charge on any atom is -0.388 e. The molecule has 1 aliphatic rings. The molecule has 0 aromatic heterocycles. The van der Waals surface area contributed by atoms with E-state index in [1.54, 1.807) is 31.2 Å². The number of benzene rings is 1. The zero-order valence-corrected chi connectivity index (χ0v) is 13.9. The first-order valence-electron chi connectivity index (χ1n) is 6.52. The first-order valence-corrected chi connectivity index (χ1v) is 6.52. The summed E-state index contributed by atoms with van der Waals surface area (Å²) in [7, 11) is 0. The Morgan fingerprint density at radius 2 is 1.71 bits per heavy atom. The topological polar surface area (TPSA) is 120 Å². The average Bonchev–Trinajstić information content (AvgIpc) is 2.43. The zero-order chi connectivity index (χ0) is 14.9. The van der Waals surface area contributed by atoms with Crippen LogP contribution in [0.1, 0.15) is 18.4 Å². The lowest BCUT2D eigenvalue weighted by atomic mass is 9.83. The van der Waals surface area contributed by atoms with Gasteiger partial charge in [-0.05, 0) is 12.5 Å². The lowest BCUT2D eigenvalue weighted by Gasteiger charge is -2.42. The number of aliphatic hydroxyl groups excluding tert-OH is 3. The van der Waals surface area contributed by atoms with Crippen LogP contribution in [-0.4, -0.2) is 51.7 Å². The van der Waals surface area contributed by atoms with Crippen molar-refractivity contribution in [1.29, 1.82) is 5.41 Å². The summed E-state index contributed by atoms with van der Waals surface area (Å²) < 4.78 is 5.58. The Kier molecular flexibility index (Phi) is 6.54. The van der Waals surface area contributed by atoms with Crippen LogP contribution in [0, 0.1) is 5.41 Å². The number of nitrogens with one attached hydrogen (secondary N) is 1. The molecule has 6 N–H and O–H groups in total. The molecular formula is C14H21IN2O4. The summed E-state index contributed by atoms with van der Waals surface area (Å²) >= 11 is 0. The smallest absolute Gasteiger partial charge is 0.111 e. The van der Waals surface area contributed by atoms with Gasteiger partial charge in [0.25, 0.3) is 0 Å². The molecule has 1 aromatic carbocycles. The second-order valence-corrected chi connectivity index (χ2v) is 5.12. The van der Waals surface area contributed by atoms with Gasteiger partial charge in [0.1, 0.15) is 30.3 Å². The highest BCUT2D eigenvalue weighted by Gasteiger charge is 2.46. The highest BCUT2D eigenvalue weighted by Crippen LogP contribution is 2.31. The van der Waals surface area contributed by atoms with Crippen LogP contribution < -0.4 is 5.73 Å². The van der Waals surface area contributed by atoms with Gasteiger partial charge >= 0.3 is 0 Å². The maximum absolute atomic E-state index is 10.1.